The summed E-state index contributed by atoms with van der Waals surface area (Å²) in [4.78, 5) is 35.0. The van der Waals surface area contributed by atoms with Crippen molar-refractivity contribution in [3.63, 3.8) is 0 Å². The number of quaternary nitrogens is 1. The number of hydrogen-bond acceptors (Lipinski definition) is 7. The Labute approximate surface area is 282 Å². The minimum atomic E-state index is -4.36. The molecular formula is C36H71NO8P+. The summed E-state index contributed by atoms with van der Waals surface area (Å²) >= 11 is 0. The molecule has 0 bridgehead atoms. The van der Waals surface area contributed by atoms with Crippen LogP contribution in [0.5, 0.6) is 0 Å². The van der Waals surface area contributed by atoms with Gasteiger partial charge in [0.05, 0.1) is 27.7 Å². The highest BCUT2D eigenvalue weighted by Gasteiger charge is 2.27. The summed E-state index contributed by atoms with van der Waals surface area (Å²) in [6.07, 6.45) is 26.9. The number of hydrogen-bond donors (Lipinski definition) is 1. The summed E-state index contributed by atoms with van der Waals surface area (Å²) in [6, 6.07) is 0. The molecule has 1 unspecified atom stereocenters. The van der Waals surface area contributed by atoms with Crippen molar-refractivity contribution in [2.75, 3.05) is 47.5 Å². The van der Waals surface area contributed by atoms with Gasteiger partial charge in [0.1, 0.15) is 19.8 Å². The van der Waals surface area contributed by atoms with E-state index in [1.165, 1.54) is 77.0 Å². The molecule has 1 N–H and O–H groups in total. The molecule has 0 amide bonds. The number of carbonyl (C=O) groups is 2. The van der Waals surface area contributed by atoms with Crippen LogP contribution in [0.4, 0.5) is 0 Å². The molecule has 0 heterocycles. The number of allylic oxidation sites excluding steroid dienone is 2. The van der Waals surface area contributed by atoms with Crippen LogP contribution in [0.1, 0.15) is 155 Å². The van der Waals surface area contributed by atoms with Crippen LogP contribution in [0.25, 0.3) is 0 Å². The molecule has 0 rings (SSSR count). The van der Waals surface area contributed by atoms with Crippen LogP contribution in [0, 0.1) is 0 Å². The van der Waals surface area contributed by atoms with E-state index in [0.29, 0.717) is 17.4 Å². The monoisotopic (exact) mass is 676 g/mol. The number of likely N-dealkylation sites (N-methyl/N-ethyl adjacent to an activating group) is 1. The zero-order valence-electron chi connectivity index (χ0n) is 30.3. The van der Waals surface area contributed by atoms with Crippen LogP contribution in [-0.2, 0) is 32.7 Å². The number of nitrogens with zero attached hydrogens (tertiary/aromatic N) is 1. The van der Waals surface area contributed by atoms with E-state index in [-0.39, 0.29) is 32.0 Å². The van der Waals surface area contributed by atoms with E-state index in [1.807, 2.05) is 21.1 Å². The van der Waals surface area contributed by atoms with Gasteiger partial charge < -0.3 is 18.9 Å². The van der Waals surface area contributed by atoms with Crippen molar-refractivity contribution >= 4 is 19.8 Å². The standard InChI is InChI=1S/C36H70NO8P/c1-6-8-10-12-14-16-17-18-19-21-23-25-27-29-36(39)45-34(33-44-46(40,41)43-31-30-37(3,4)5)32-42-35(38)28-26-24-22-20-15-13-11-9-7-2/h18-19,34H,6-17,20-33H2,1-5H3/p+1/b19-18+/t34-/m1/s1. The van der Waals surface area contributed by atoms with E-state index in [4.69, 9.17) is 18.5 Å². The zero-order chi connectivity index (χ0) is 34.4. The molecule has 0 aromatic carbocycles. The fraction of sp³-hybridized carbons (Fsp3) is 0.889. The summed E-state index contributed by atoms with van der Waals surface area (Å²) in [7, 11) is 1.47. The SMILES string of the molecule is CCCCCCCC/C=C/CCCCCC(=O)O[C@H](COC(=O)CCCCCCCCCCC)COP(=O)(O)OCC[N+](C)(C)C. The van der Waals surface area contributed by atoms with Crippen LogP contribution in [0.15, 0.2) is 12.2 Å². The number of esters is 2. The molecule has 0 aliphatic rings. The molecule has 46 heavy (non-hydrogen) atoms. The molecule has 0 aromatic rings. The van der Waals surface area contributed by atoms with E-state index >= 15 is 0 Å². The Bertz CT molecular complexity index is 814. The molecule has 10 heteroatoms. The molecule has 0 aliphatic carbocycles. The molecule has 2 atom stereocenters. The van der Waals surface area contributed by atoms with Crippen LogP contribution in [-0.4, -0.2) is 74.9 Å². The lowest BCUT2D eigenvalue weighted by molar-refractivity contribution is -0.870. The highest BCUT2D eigenvalue weighted by molar-refractivity contribution is 7.47. The van der Waals surface area contributed by atoms with E-state index in [9.17, 15) is 19.0 Å². The lowest BCUT2D eigenvalue weighted by atomic mass is 10.1. The van der Waals surface area contributed by atoms with Crippen molar-refractivity contribution in [2.24, 2.45) is 0 Å². The minimum absolute atomic E-state index is 0.0314. The highest BCUT2D eigenvalue weighted by atomic mass is 31.2. The molecule has 0 fully saturated rings. The fourth-order valence-corrected chi connectivity index (χ4v) is 5.57. The summed E-state index contributed by atoms with van der Waals surface area (Å²) in [5, 5.41) is 0. The van der Waals surface area contributed by atoms with E-state index in [2.05, 4.69) is 26.0 Å². The molecule has 0 saturated carbocycles. The summed E-state index contributed by atoms with van der Waals surface area (Å²) < 4.78 is 34.0. The molecule has 0 radical (unpaired) electrons. The van der Waals surface area contributed by atoms with Gasteiger partial charge in [0.15, 0.2) is 6.10 Å². The molecule has 9 nitrogen and oxygen atoms in total. The number of rotatable bonds is 33. The van der Waals surface area contributed by atoms with Crippen molar-refractivity contribution in [1.82, 2.24) is 0 Å². The molecular weight excluding hydrogens is 605 g/mol. The largest absolute Gasteiger partial charge is 0.472 e. The lowest BCUT2D eigenvalue weighted by Crippen LogP contribution is -2.37. The normalized spacial score (nSPS) is 14.0. The number of carbonyl (C=O) groups excluding carboxylic acids is 2. The molecule has 272 valence electrons. The zero-order valence-corrected chi connectivity index (χ0v) is 31.2. The fourth-order valence-electron chi connectivity index (χ4n) is 4.83. The summed E-state index contributed by atoms with van der Waals surface area (Å²) in [6.45, 7) is 4.36. The van der Waals surface area contributed by atoms with E-state index < -0.39 is 26.5 Å². The number of phosphoric acid groups is 1. The van der Waals surface area contributed by atoms with Gasteiger partial charge in [-0.2, -0.15) is 0 Å². The Hall–Kier alpha value is -1.25. The van der Waals surface area contributed by atoms with E-state index in [1.54, 1.807) is 0 Å². The second kappa shape index (κ2) is 29.9. The van der Waals surface area contributed by atoms with Gasteiger partial charge in [-0.1, -0.05) is 116 Å². The second-order valence-electron chi connectivity index (χ2n) is 13.6. The third-order valence-electron chi connectivity index (χ3n) is 7.80. The maximum Gasteiger partial charge on any atom is 0.472 e. The average molecular weight is 677 g/mol. The Kier molecular flexibility index (Phi) is 29.0. The number of unbranched alkanes of at least 4 members (excludes halogenated alkanes) is 17. The maximum atomic E-state index is 12.6. The van der Waals surface area contributed by atoms with Gasteiger partial charge in [-0.25, -0.2) is 4.57 Å². The first-order valence-corrected chi connectivity index (χ1v) is 19.9. The number of ether oxygens (including phenoxy) is 2. The first kappa shape index (κ1) is 44.8. The van der Waals surface area contributed by atoms with Gasteiger partial charge >= 0.3 is 19.8 Å². The van der Waals surface area contributed by atoms with Crippen LogP contribution in [0.2, 0.25) is 0 Å². The van der Waals surface area contributed by atoms with Crippen molar-refractivity contribution < 1.29 is 42.1 Å². The Balaban J connectivity index is 4.48. The Morgan fingerprint density at radius 2 is 1.11 bits per heavy atom. The summed E-state index contributed by atoms with van der Waals surface area (Å²) in [5.41, 5.74) is 0. The van der Waals surface area contributed by atoms with Gasteiger partial charge in [-0.15, -0.1) is 0 Å². The first-order chi connectivity index (χ1) is 22.0. The molecule has 0 spiro atoms. The van der Waals surface area contributed by atoms with Gasteiger partial charge in [0.2, 0.25) is 0 Å². The van der Waals surface area contributed by atoms with Crippen LogP contribution < -0.4 is 0 Å². The van der Waals surface area contributed by atoms with Gasteiger partial charge in [-0.05, 0) is 38.5 Å². The first-order valence-electron chi connectivity index (χ1n) is 18.4. The van der Waals surface area contributed by atoms with Crippen molar-refractivity contribution in [2.45, 2.75) is 161 Å². The summed E-state index contributed by atoms with van der Waals surface area (Å²) in [5.74, 6) is -0.819. The topological polar surface area (TPSA) is 108 Å². The molecule has 0 saturated heterocycles. The highest BCUT2D eigenvalue weighted by Crippen LogP contribution is 2.43. The maximum absolute atomic E-state index is 12.6. The van der Waals surface area contributed by atoms with Gasteiger partial charge in [0.25, 0.3) is 0 Å². The quantitative estimate of drug-likeness (QED) is 0.0241. The van der Waals surface area contributed by atoms with Gasteiger partial charge in [-0.3, -0.25) is 18.6 Å². The third-order valence-corrected chi connectivity index (χ3v) is 8.78. The van der Waals surface area contributed by atoms with Crippen LogP contribution >= 0.6 is 7.82 Å². The number of phosphoric ester groups is 1. The predicted octanol–water partition coefficient (Wildman–Crippen LogP) is 9.46. The molecule has 0 aromatic heterocycles. The second-order valence-corrected chi connectivity index (χ2v) is 15.1. The van der Waals surface area contributed by atoms with E-state index in [0.717, 1.165) is 44.9 Å². The third kappa shape index (κ3) is 32.7. The van der Waals surface area contributed by atoms with Crippen molar-refractivity contribution in [3.8, 4) is 0 Å². The lowest BCUT2D eigenvalue weighted by Gasteiger charge is -2.24. The van der Waals surface area contributed by atoms with Crippen molar-refractivity contribution in [1.29, 1.82) is 0 Å². The van der Waals surface area contributed by atoms with Gasteiger partial charge in [0, 0.05) is 12.8 Å². The Morgan fingerprint density at radius 1 is 0.652 bits per heavy atom. The average Bonchev–Trinajstić information content (AvgIpc) is 2.99. The minimum Gasteiger partial charge on any atom is -0.462 e. The Morgan fingerprint density at radius 3 is 1.63 bits per heavy atom. The predicted molar refractivity (Wildman–Crippen MR) is 188 cm³/mol. The smallest absolute Gasteiger partial charge is 0.462 e. The molecule has 0 aliphatic heterocycles. The van der Waals surface area contributed by atoms with Crippen molar-refractivity contribution in [3.05, 3.63) is 12.2 Å². The van der Waals surface area contributed by atoms with Crippen LogP contribution in [0.3, 0.4) is 0 Å².